The van der Waals surface area contributed by atoms with Crippen molar-refractivity contribution < 1.29 is 13.9 Å². The van der Waals surface area contributed by atoms with Crippen molar-refractivity contribution >= 4 is 46.6 Å². The van der Waals surface area contributed by atoms with Crippen LogP contribution in [0.25, 0.3) is 11.5 Å². The number of benzene rings is 2. The van der Waals surface area contributed by atoms with Crippen LogP contribution in [-0.2, 0) is 4.79 Å². The normalized spacial score (nSPS) is 17.2. The molecule has 0 spiro atoms. The number of ether oxygens (including phenoxy) is 1. The maximum atomic E-state index is 13.3. The molecule has 1 aliphatic heterocycles. The summed E-state index contributed by atoms with van der Waals surface area (Å²) in [7, 11) is 1.65. The van der Waals surface area contributed by atoms with Crippen molar-refractivity contribution in [2.24, 2.45) is 0 Å². The van der Waals surface area contributed by atoms with Gasteiger partial charge in [-0.25, -0.2) is 0 Å². The first-order valence-corrected chi connectivity index (χ1v) is 11.9. The summed E-state index contributed by atoms with van der Waals surface area (Å²) in [6.45, 7) is 6.36. The van der Waals surface area contributed by atoms with Crippen LogP contribution in [-0.4, -0.2) is 34.5 Å². The zero-order chi connectivity index (χ0) is 23.0. The van der Waals surface area contributed by atoms with Gasteiger partial charge in [-0.2, -0.15) is 0 Å². The lowest BCUT2D eigenvalue weighted by atomic mass is 9.80. The van der Waals surface area contributed by atoms with Gasteiger partial charge in [0.05, 0.1) is 23.4 Å². The van der Waals surface area contributed by atoms with Crippen molar-refractivity contribution in [2.45, 2.75) is 43.9 Å². The molecule has 9 heteroatoms. The summed E-state index contributed by atoms with van der Waals surface area (Å²) in [5.74, 6) is 1.53. The summed E-state index contributed by atoms with van der Waals surface area (Å²) >= 11 is 13.4. The van der Waals surface area contributed by atoms with E-state index < -0.39 is 0 Å². The highest BCUT2D eigenvalue weighted by Gasteiger charge is 2.40. The Hall–Kier alpha value is -2.22. The SMILES string of the molecule is COc1ccc2c(c1)C(C)CC(C)(C)N2C(=O)CSc1nnc(-c2ccc(Cl)cc2Cl)o1. The Morgan fingerprint density at radius 2 is 2.03 bits per heavy atom. The van der Waals surface area contributed by atoms with Crippen molar-refractivity contribution in [1.29, 1.82) is 0 Å². The first-order valence-electron chi connectivity index (χ1n) is 10.1. The standard InChI is InChI=1S/C23H23Cl2N3O3S/c1-13-11-23(2,3)28(19-8-6-15(30-4)10-17(13)19)20(29)12-32-22-27-26-21(31-22)16-7-5-14(24)9-18(16)25/h5-10,13H,11-12H2,1-4H3. The van der Waals surface area contributed by atoms with Crippen LogP contribution in [0.15, 0.2) is 46.0 Å². The maximum absolute atomic E-state index is 13.3. The second kappa shape index (κ2) is 8.96. The number of anilines is 1. The summed E-state index contributed by atoms with van der Waals surface area (Å²) in [5, 5.41) is 9.36. The molecule has 0 aliphatic carbocycles. The molecule has 0 saturated heterocycles. The fraction of sp³-hybridized carbons (Fsp3) is 0.348. The fourth-order valence-corrected chi connectivity index (χ4v) is 5.34. The molecule has 1 aliphatic rings. The third kappa shape index (κ3) is 4.47. The van der Waals surface area contributed by atoms with E-state index in [0.717, 1.165) is 23.4 Å². The maximum Gasteiger partial charge on any atom is 0.277 e. The van der Waals surface area contributed by atoms with Gasteiger partial charge < -0.3 is 14.1 Å². The lowest BCUT2D eigenvalue weighted by Crippen LogP contribution is -2.52. The topological polar surface area (TPSA) is 68.5 Å². The molecule has 168 valence electrons. The molecule has 0 saturated carbocycles. The van der Waals surface area contributed by atoms with Gasteiger partial charge in [0.1, 0.15) is 5.75 Å². The second-order valence-electron chi connectivity index (χ2n) is 8.36. The Bertz CT molecular complexity index is 1170. The molecule has 0 N–H and O–H groups in total. The molecule has 2 aromatic carbocycles. The molecule has 2 heterocycles. The van der Waals surface area contributed by atoms with Crippen molar-refractivity contribution in [3.63, 3.8) is 0 Å². The molecule has 3 aromatic rings. The van der Waals surface area contributed by atoms with E-state index in [1.54, 1.807) is 25.3 Å². The lowest BCUT2D eigenvalue weighted by molar-refractivity contribution is -0.117. The number of amides is 1. The number of carbonyl (C=O) groups is 1. The van der Waals surface area contributed by atoms with Crippen LogP contribution in [0.2, 0.25) is 10.0 Å². The van der Waals surface area contributed by atoms with E-state index in [2.05, 4.69) is 31.0 Å². The largest absolute Gasteiger partial charge is 0.497 e. The molecule has 1 atom stereocenters. The molecule has 6 nitrogen and oxygen atoms in total. The predicted octanol–water partition coefficient (Wildman–Crippen LogP) is 6.46. The molecule has 0 fully saturated rings. The van der Waals surface area contributed by atoms with E-state index in [9.17, 15) is 4.79 Å². The van der Waals surface area contributed by atoms with Crippen LogP contribution in [0.4, 0.5) is 5.69 Å². The van der Waals surface area contributed by atoms with Gasteiger partial charge in [0.15, 0.2) is 0 Å². The van der Waals surface area contributed by atoms with Gasteiger partial charge in [0, 0.05) is 16.2 Å². The highest BCUT2D eigenvalue weighted by molar-refractivity contribution is 7.99. The highest BCUT2D eigenvalue weighted by atomic mass is 35.5. The second-order valence-corrected chi connectivity index (χ2v) is 10.1. The van der Waals surface area contributed by atoms with Gasteiger partial charge in [-0.15, -0.1) is 10.2 Å². The number of hydrogen-bond donors (Lipinski definition) is 0. The van der Waals surface area contributed by atoms with Gasteiger partial charge in [0.25, 0.3) is 5.22 Å². The van der Waals surface area contributed by atoms with Crippen LogP contribution in [0.1, 0.15) is 38.7 Å². The highest BCUT2D eigenvalue weighted by Crippen LogP contribution is 2.45. The summed E-state index contributed by atoms with van der Waals surface area (Å²) in [6.07, 6.45) is 0.851. The average Bonchev–Trinajstić information content (AvgIpc) is 3.20. The molecular formula is C23H23Cl2N3O3S. The number of fused-ring (bicyclic) bond motifs is 1. The zero-order valence-electron chi connectivity index (χ0n) is 18.2. The molecule has 1 unspecified atom stereocenters. The van der Waals surface area contributed by atoms with Gasteiger partial charge in [-0.05, 0) is 68.1 Å². The average molecular weight is 492 g/mol. The third-order valence-electron chi connectivity index (χ3n) is 5.55. The molecule has 1 aromatic heterocycles. The Morgan fingerprint density at radius 1 is 1.25 bits per heavy atom. The van der Waals surface area contributed by atoms with Crippen LogP contribution < -0.4 is 9.64 Å². The number of aromatic nitrogens is 2. The quantitative estimate of drug-likeness (QED) is 0.381. The minimum Gasteiger partial charge on any atom is -0.497 e. The summed E-state index contributed by atoms with van der Waals surface area (Å²) in [6, 6.07) is 10.9. The summed E-state index contributed by atoms with van der Waals surface area (Å²) in [4.78, 5) is 15.2. The Balaban J connectivity index is 1.53. The smallest absolute Gasteiger partial charge is 0.277 e. The van der Waals surface area contributed by atoms with Crippen LogP contribution in [0.5, 0.6) is 5.75 Å². The number of halogens is 2. The first kappa shape index (κ1) is 23.0. The minimum atomic E-state index is -0.324. The molecule has 4 rings (SSSR count). The Kier molecular flexibility index (Phi) is 6.43. The molecule has 0 bridgehead atoms. The van der Waals surface area contributed by atoms with Crippen LogP contribution >= 0.6 is 35.0 Å². The number of thioether (sulfide) groups is 1. The lowest BCUT2D eigenvalue weighted by Gasteiger charge is -2.46. The number of rotatable bonds is 5. The third-order valence-corrected chi connectivity index (χ3v) is 6.91. The van der Waals surface area contributed by atoms with Gasteiger partial charge in [-0.1, -0.05) is 41.9 Å². The predicted molar refractivity (Wildman–Crippen MR) is 128 cm³/mol. The van der Waals surface area contributed by atoms with E-state index in [-0.39, 0.29) is 23.1 Å². The fourth-order valence-electron chi connectivity index (χ4n) is 4.23. The Labute approximate surface area is 201 Å². The molecular weight excluding hydrogens is 469 g/mol. The van der Waals surface area contributed by atoms with E-state index in [1.807, 2.05) is 23.1 Å². The number of nitrogens with zero attached hydrogens (tertiary/aromatic N) is 3. The Morgan fingerprint density at radius 3 is 2.75 bits per heavy atom. The van der Waals surface area contributed by atoms with Gasteiger partial charge in [0.2, 0.25) is 11.8 Å². The van der Waals surface area contributed by atoms with Gasteiger partial charge >= 0.3 is 0 Å². The number of carbonyl (C=O) groups excluding carboxylic acids is 1. The zero-order valence-corrected chi connectivity index (χ0v) is 20.5. The number of hydrogen-bond acceptors (Lipinski definition) is 6. The summed E-state index contributed by atoms with van der Waals surface area (Å²) in [5.41, 5.74) is 2.30. The van der Waals surface area contributed by atoms with Crippen molar-refractivity contribution in [3.05, 3.63) is 52.0 Å². The molecule has 0 radical (unpaired) electrons. The van der Waals surface area contributed by atoms with E-state index in [0.29, 0.717) is 26.7 Å². The van der Waals surface area contributed by atoms with Crippen molar-refractivity contribution in [3.8, 4) is 17.2 Å². The van der Waals surface area contributed by atoms with Crippen LogP contribution in [0, 0.1) is 0 Å². The van der Waals surface area contributed by atoms with Crippen molar-refractivity contribution in [2.75, 3.05) is 17.8 Å². The van der Waals surface area contributed by atoms with Crippen LogP contribution in [0.3, 0.4) is 0 Å². The minimum absolute atomic E-state index is 0.0254. The summed E-state index contributed by atoms with van der Waals surface area (Å²) < 4.78 is 11.1. The molecule has 1 amide bonds. The van der Waals surface area contributed by atoms with E-state index in [4.69, 9.17) is 32.4 Å². The van der Waals surface area contributed by atoms with Gasteiger partial charge in [-0.3, -0.25) is 4.79 Å². The monoisotopic (exact) mass is 491 g/mol. The van der Waals surface area contributed by atoms with Crippen molar-refractivity contribution in [1.82, 2.24) is 10.2 Å². The van der Waals surface area contributed by atoms with E-state index >= 15 is 0 Å². The number of methoxy groups -OCH3 is 1. The first-order chi connectivity index (χ1) is 15.2. The van der Waals surface area contributed by atoms with E-state index in [1.165, 1.54) is 11.8 Å². The molecule has 32 heavy (non-hydrogen) atoms.